The summed E-state index contributed by atoms with van der Waals surface area (Å²) in [6.45, 7) is 0.264. The number of aromatic nitrogens is 1. The first-order valence-corrected chi connectivity index (χ1v) is 8.35. The van der Waals surface area contributed by atoms with Gasteiger partial charge in [-0.2, -0.15) is 4.99 Å². The van der Waals surface area contributed by atoms with Gasteiger partial charge in [-0.15, -0.1) is 6.42 Å². The second-order valence-electron chi connectivity index (χ2n) is 5.32. The molecule has 4 nitrogen and oxygen atoms in total. The summed E-state index contributed by atoms with van der Waals surface area (Å²) in [5.74, 6) is 2.65. The maximum Gasteiger partial charge on any atom is 0.252 e. The fraction of sp³-hybridized carbons (Fsp3) is 0.158. The van der Waals surface area contributed by atoms with Crippen LogP contribution in [0.5, 0.6) is 5.75 Å². The van der Waals surface area contributed by atoms with E-state index in [0.29, 0.717) is 9.50 Å². The van der Waals surface area contributed by atoms with E-state index in [9.17, 15) is 9.18 Å². The molecule has 0 spiro atoms. The molecule has 3 rings (SSSR count). The first-order valence-electron chi connectivity index (χ1n) is 7.53. The Balaban J connectivity index is 1.94. The summed E-state index contributed by atoms with van der Waals surface area (Å²) in [6.07, 6.45) is 5.58. The summed E-state index contributed by atoms with van der Waals surface area (Å²) < 4.78 is 21.0. The molecule has 126 valence electrons. The lowest BCUT2D eigenvalue weighted by Crippen LogP contribution is -2.17. The van der Waals surface area contributed by atoms with Crippen LogP contribution in [0.4, 0.5) is 4.39 Å². The van der Waals surface area contributed by atoms with Gasteiger partial charge in [0.2, 0.25) is 0 Å². The number of nitrogens with zero attached hydrogens (tertiary/aromatic N) is 2. The summed E-state index contributed by atoms with van der Waals surface area (Å²) >= 11 is 1.24. The number of thiazole rings is 1. The molecule has 0 N–H and O–H groups in total. The molecule has 1 aromatic heterocycles. The van der Waals surface area contributed by atoms with E-state index < -0.39 is 0 Å². The van der Waals surface area contributed by atoms with Crippen LogP contribution in [-0.2, 0) is 17.8 Å². The van der Waals surface area contributed by atoms with E-state index in [1.807, 2.05) is 12.1 Å². The maximum atomic E-state index is 13.4. The molecular formula is C19H15FN2O2S. The minimum atomic E-state index is -0.335. The van der Waals surface area contributed by atoms with Gasteiger partial charge in [0.05, 0.1) is 30.3 Å². The molecule has 0 saturated heterocycles. The van der Waals surface area contributed by atoms with Crippen molar-refractivity contribution < 1.29 is 13.9 Å². The maximum absolute atomic E-state index is 13.4. The van der Waals surface area contributed by atoms with E-state index in [1.54, 1.807) is 29.9 Å². The van der Waals surface area contributed by atoms with Gasteiger partial charge in [0, 0.05) is 0 Å². The molecule has 1 amide bonds. The van der Waals surface area contributed by atoms with Crippen molar-refractivity contribution >= 4 is 27.5 Å². The number of benzene rings is 2. The van der Waals surface area contributed by atoms with Crippen LogP contribution in [-0.4, -0.2) is 17.6 Å². The van der Waals surface area contributed by atoms with Crippen molar-refractivity contribution in [1.29, 1.82) is 0 Å². The smallest absolute Gasteiger partial charge is 0.252 e. The van der Waals surface area contributed by atoms with E-state index in [-0.39, 0.29) is 24.7 Å². The zero-order valence-corrected chi connectivity index (χ0v) is 14.3. The normalized spacial score (nSPS) is 11.5. The number of amides is 1. The largest absolute Gasteiger partial charge is 0.497 e. The number of hydrogen-bond acceptors (Lipinski definition) is 3. The molecule has 0 aliphatic rings. The lowest BCUT2D eigenvalue weighted by molar-refractivity contribution is -0.117. The second-order valence-corrected chi connectivity index (χ2v) is 6.33. The molecule has 25 heavy (non-hydrogen) atoms. The number of hydrogen-bond donors (Lipinski definition) is 0. The zero-order valence-electron chi connectivity index (χ0n) is 13.5. The Morgan fingerprint density at radius 3 is 2.76 bits per heavy atom. The number of ether oxygens (including phenoxy) is 1. The van der Waals surface area contributed by atoms with Crippen LogP contribution in [0, 0.1) is 18.2 Å². The van der Waals surface area contributed by atoms with Crippen molar-refractivity contribution in [3.8, 4) is 18.1 Å². The number of terminal acetylenes is 1. The Bertz CT molecular complexity index is 1030. The molecular weight excluding hydrogens is 339 g/mol. The third-order valence-electron chi connectivity index (χ3n) is 3.63. The minimum Gasteiger partial charge on any atom is -0.497 e. The molecule has 0 unspecified atom stereocenters. The third kappa shape index (κ3) is 3.78. The Morgan fingerprint density at radius 2 is 2.08 bits per heavy atom. The van der Waals surface area contributed by atoms with Crippen LogP contribution in [0.3, 0.4) is 0 Å². The van der Waals surface area contributed by atoms with Gasteiger partial charge < -0.3 is 9.30 Å². The van der Waals surface area contributed by atoms with Gasteiger partial charge in [0.15, 0.2) is 4.80 Å². The number of halogens is 1. The van der Waals surface area contributed by atoms with Crippen LogP contribution in [0.2, 0.25) is 0 Å². The second kappa shape index (κ2) is 7.32. The molecule has 0 aliphatic heterocycles. The average molecular weight is 354 g/mol. The molecule has 2 aromatic carbocycles. The molecule has 6 heteroatoms. The Morgan fingerprint density at radius 1 is 1.32 bits per heavy atom. The van der Waals surface area contributed by atoms with Gasteiger partial charge in [-0.3, -0.25) is 4.79 Å². The van der Waals surface area contributed by atoms with E-state index in [4.69, 9.17) is 11.2 Å². The van der Waals surface area contributed by atoms with Gasteiger partial charge in [-0.25, -0.2) is 4.39 Å². The van der Waals surface area contributed by atoms with Gasteiger partial charge in [-0.1, -0.05) is 29.4 Å². The molecule has 1 heterocycles. The SMILES string of the molecule is C#CCn1c(=NC(=O)Cc2ccc(OC)cc2)sc2cc(F)ccc21. The average Bonchev–Trinajstić information content (AvgIpc) is 2.92. The molecule has 3 aromatic rings. The van der Waals surface area contributed by atoms with E-state index in [1.165, 1.54) is 23.5 Å². The highest BCUT2D eigenvalue weighted by Crippen LogP contribution is 2.18. The highest BCUT2D eigenvalue weighted by molar-refractivity contribution is 7.16. The summed E-state index contributed by atoms with van der Waals surface area (Å²) in [4.78, 5) is 17.0. The Hall–Kier alpha value is -2.91. The van der Waals surface area contributed by atoms with Crippen molar-refractivity contribution in [2.75, 3.05) is 7.11 Å². The Labute approximate surface area is 148 Å². The number of rotatable bonds is 4. The highest BCUT2D eigenvalue weighted by Gasteiger charge is 2.09. The molecule has 0 aliphatic carbocycles. The van der Waals surface area contributed by atoms with E-state index in [0.717, 1.165) is 16.8 Å². The molecule has 0 atom stereocenters. The van der Waals surface area contributed by atoms with Crippen molar-refractivity contribution in [2.45, 2.75) is 13.0 Å². The number of carbonyl (C=O) groups excluding carboxylic acids is 1. The zero-order chi connectivity index (χ0) is 17.8. The van der Waals surface area contributed by atoms with Crippen LogP contribution in [0.15, 0.2) is 47.5 Å². The molecule has 0 bridgehead atoms. The standard InChI is InChI=1S/C19H15FN2O2S/c1-3-10-22-16-9-6-14(20)12-17(16)25-19(22)21-18(23)11-13-4-7-15(24-2)8-5-13/h1,4-9,12H,10-11H2,2H3. The van der Waals surface area contributed by atoms with E-state index in [2.05, 4.69) is 10.9 Å². The lowest BCUT2D eigenvalue weighted by atomic mass is 10.1. The van der Waals surface area contributed by atoms with Crippen LogP contribution < -0.4 is 9.54 Å². The fourth-order valence-electron chi connectivity index (χ4n) is 2.44. The topological polar surface area (TPSA) is 43.6 Å². The first-order chi connectivity index (χ1) is 12.1. The van der Waals surface area contributed by atoms with Crippen molar-refractivity contribution in [3.05, 3.63) is 58.6 Å². The summed E-state index contributed by atoms with van der Waals surface area (Å²) in [7, 11) is 1.59. The van der Waals surface area contributed by atoms with Crippen LogP contribution in [0.25, 0.3) is 10.2 Å². The van der Waals surface area contributed by atoms with Crippen LogP contribution in [0.1, 0.15) is 5.56 Å². The van der Waals surface area contributed by atoms with Gasteiger partial charge in [0.25, 0.3) is 5.91 Å². The monoisotopic (exact) mass is 354 g/mol. The van der Waals surface area contributed by atoms with Crippen molar-refractivity contribution in [2.24, 2.45) is 4.99 Å². The predicted octanol–water partition coefficient (Wildman–Crippen LogP) is 3.15. The van der Waals surface area contributed by atoms with Gasteiger partial charge in [0.1, 0.15) is 11.6 Å². The quantitative estimate of drug-likeness (QED) is 0.676. The summed E-state index contributed by atoms with van der Waals surface area (Å²) in [5, 5.41) is 0. The first kappa shape index (κ1) is 16.9. The minimum absolute atomic E-state index is 0.169. The molecule has 0 fully saturated rings. The van der Waals surface area contributed by atoms with E-state index >= 15 is 0 Å². The molecule has 0 radical (unpaired) electrons. The lowest BCUT2D eigenvalue weighted by Gasteiger charge is -2.01. The number of methoxy groups -OCH3 is 1. The van der Waals surface area contributed by atoms with Crippen LogP contribution >= 0.6 is 11.3 Å². The highest BCUT2D eigenvalue weighted by atomic mass is 32.1. The third-order valence-corrected chi connectivity index (χ3v) is 4.67. The van der Waals surface area contributed by atoms with Gasteiger partial charge >= 0.3 is 0 Å². The van der Waals surface area contributed by atoms with Gasteiger partial charge in [-0.05, 0) is 35.9 Å². The fourth-order valence-corrected chi connectivity index (χ4v) is 3.51. The molecule has 0 saturated carbocycles. The number of carbonyl (C=O) groups is 1. The van der Waals surface area contributed by atoms with Crippen molar-refractivity contribution in [1.82, 2.24) is 4.57 Å². The predicted molar refractivity (Wildman–Crippen MR) is 95.9 cm³/mol. The Kier molecular flexibility index (Phi) is 4.96. The van der Waals surface area contributed by atoms with Crippen molar-refractivity contribution in [3.63, 3.8) is 0 Å². The summed E-state index contributed by atoms with van der Waals surface area (Å²) in [5.41, 5.74) is 1.60. The number of fused-ring (bicyclic) bond motifs is 1. The summed E-state index contributed by atoms with van der Waals surface area (Å²) in [6, 6.07) is 11.7.